The highest BCUT2D eigenvalue weighted by atomic mass is 15.2. The summed E-state index contributed by atoms with van der Waals surface area (Å²) in [6.45, 7) is 5.90. The van der Waals surface area contributed by atoms with Crippen molar-refractivity contribution in [2.24, 2.45) is 17.8 Å². The minimum Gasteiger partial charge on any atom is -0.368 e. The zero-order chi connectivity index (χ0) is 63.3. The van der Waals surface area contributed by atoms with Gasteiger partial charge in [-0.3, -0.25) is 0 Å². The number of fused-ring (bicyclic) bond motifs is 11. The summed E-state index contributed by atoms with van der Waals surface area (Å²) in [5.74, 6) is 2.42. The van der Waals surface area contributed by atoms with Gasteiger partial charge in [0.2, 0.25) is 0 Å². The number of anilines is 7. The molecule has 458 valence electrons. The Bertz CT molecular complexity index is 5270. The second-order valence-corrected chi connectivity index (χ2v) is 28.7. The highest BCUT2D eigenvalue weighted by Crippen LogP contribution is 2.56. The number of rotatable bonds is 8. The lowest BCUT2D eigenvalue weighted by Gasteiger charge is -2.54. The number of para-hydroxylation sites is 2. The maximum absolute atomic E-state index is 2.88. The summed E-state index contributed by atoms with van der Waals surface area (Å²) < 4.78 is 2.55. The molecule has 1 saturated heterocycles. The predicted octanol–water partition coefficient (Wildman–Crippen LogP) is 21.5. The summed E-state index contributed by atoms with van der Waals surface area (Å²) in [5.41, 5.74) is 32.4. The quantitative estimate of drug-likeness (QED) is 0.141. The lowest BCUT2D eigenvalue weighted by molar-refractivity contribution is 0.0754. The number of benzene rings is 13. The van der Waals surface area contributed by atoms with E-state index in [-0.39, 0.29) is 6.71 Å². The van der Waals surface area contributed by atoms with E-state index in [0.717, 1.165) is 35.7 Å². The molecule has 5 aliphatic heterocycles. The van der Waals surface area contributed by atoms with Crippen LogP contribution in [0.5, 0.6) is 0 Å². The standard InChI is InChI=1S/C91H71BN4/c1-91(2)69-40-36-64(37-41-69)77-33-19-32-76(63-28-16-7-17-29-63)90(77)95-84-55-71(93-57-67-35-34-58-48-68(67)50-73(93)49-58)42-44-80(84)92-81-45-43-72(94-82-46-38-65(59-20-8-3-9-21-59)51-78(82)79-52-66(39-47-83(79)94)60-22-10-4-11-23-60)56-85(81)96(87-54-70(91)53-86(95)88(87)92)89-74(61-24-12-5-13-25-61)30-18-31-75(89)62-26-14-6-15-27-62/h3-33,36-47,51-56,58,67-68,73H,34-35,48-50,57H2,1-2H3. The highest BCUT2D eigenvalue weighted by Gasteiger charge is 2.49. The third-order valence-corrected chi connectivity index (χ3v) is 23.3. The first-order chi connectivity index (χ1) is 47.3. The van der Waals surface area contributed by atoms with Crippen molar-refractivity contribution in [3.63, 3.8) is 0 Å². The van der Waals surface area contributed by atoms with Crippen molar-refractivity contribution in [1.29, 1.82) is 0 Å². The Balaban J connectivity index is 0.916. The molecule has 1 aromatic heterocycles. The van der Waals surface area contributed by atoms with Crippen LogP contribution < -0.4 is 31.1 Å². The van der Waals surface area contributed by atoms with Crippen LogP contribution in [0.2, 0.25) is 0 Å². The SMILES string of the molecule is CC1(C)c2ccc(cc2)-c2cccc(-c3ccccc3)c2N2c3cc(N4CC5CCC6CC5CC4C6)ccc3B3c4ccc(-n5c6ccc(-c7ccccc7)cc6c6cc(-c7ccccc7)ccc65)cc4N(c4c(-c5ccccc5)cccc4-c4ccccc4)c4cc1cc2c43. The molecule has 6 heterocycles. The molecular weight excluding hydrogens is 1160 g/mol. The fraction of sp³-hybridized carbons (Fsp3) is 0.143. The van der Waals surface area contributed by atoms with Gasteiger partial charge in [0.1, 0.15) is 0 Å². The number of hydrogen-bond donors (Lipinski definition) is 0. The molecule has 2 aliphatic carbocycles. The molecule has 13 aromatic carbocycles. The van der Waals surface area contributed by atoms with Crippen LogP contribution in [-0.4, -0.2) is 23.9 Å². The third kappa shape index (κ3) is 8.55. The Morgan fingerprint density at radius 1 is 0.344 bits per heavy atom. The molecule has 5 heteroatoms. The molecule has 2 saturated carbocycles. The van der Waals surface area contributed by atoms with E-state index in [1.54, 1.807) is 0 Å². The number of nitrogens with zero attached hydrogens (tertiary/aromatic N) is 4. The number of piperidine rings is 1. The Hall–Kier alpha value is -10.9. The van der Waals surface area contributed by atoms with Crippen LogP contribution in [0, 0.1) is 17.8 Å². The van der Waals surface area contributed by atoms with E-state index in [1.165, 1.54) is 182 Å². The molecule has 0 radical (unpaired) electrons. The molecule has 0 amide bonds. The zero-order valence-corrected chi connectivity index (χ0v) is 54.2. The van der Waals surface area contributed by atoms with Crippen molar-refractivity contribution in [3.8, 4) is 72.4 Å². The van der Waals surface area contributed by atoms with Crippen molar-refractivity contribution in [2.45, 2.75) is 57.4 Å². The Morgan fingerprint density at radius 2 is 0.792 bits per heavy atom. The Kier molecular flexibility index (Phi) is 12.5. The topological polar surface area (TPSA) is 14.7 Å². The van der Waals surface area contributed by atoms with E-state index < -0.39 is 5.41 Å². The van der Waals surface area contributed by atoms with Crippen molar-refractivity contribution in [2.75, 3.05) is 21.2 Å². The highest BCUT2D eigenvalue weighted by molar-refractivity contribution is 7.00. The van der Waals surface area contributed by atoms with E-state index in [9.17, 15) is 0 Å². The minimum atomic E-state index is -0.425. The van der Waals surface area contributed by atoms with Gasteiger partial charge >= 0.3 is 0 Å². The molecular formula is C91H71BN4. The van der Waals surface area contributed by atoms with Gasteiger partial charge in [-0.15, -0.1) is 0 Å². The van der Waals surface area contributed by atoms with Gasteiger partial charge < -0.3 is 19.3 Å². The smallest absolute Gasteiger partial charge is 0.252 e. The Morgan fingerprint density at radius 3 is 1.29 bits per heavy atom. The van der Waals surface area contributed by atoms with E-state index in [4.69, 9.17) is 0 Å². The van der Waals surface area contributed by atoms with Gasteiger partial charge in [-0.05, 0) is 176 Å². The Labute approximate surface area is 563 Å². The summed E-state index contributed by atoms with van der Waals surface area (Å²) in [4.78, 5) is 8.39. The molecule has 7 bridgehead atoms. The van der Waals surface area contributed by atoms with Gasteiger partial charge in [-0.2, -0.15) is 0 Å². The van der Waals surface area contributed by atoms with Gasteiger partial charge in [0.15, 0.2) is 0 Å². The van der Waals surface area contributed by atoms with E-state index in [1.807, 2.05) is 0 Å². The van der Waals surface area contributed by atoms with Gasteiger partial charge in [-0.1, -0.05) is 257 Å². The van der Waals surface area contributed by atoms with E-state index in [0.29, 0.717) is 6.04 Å². The van der Waals surface area contributed by atoms with Gasteiger partial charge in [-0.25, -0.2) is 0 Å². The average molecular weight is 1230 g/mol. The number of aromatic nitrogens is 1. The maximum Gasteiger partial charge on any atom is 0.252 e. The molecule has 3 fully saturated rings. The van der Waals surface area contributed by atoms with Crippen LogP contribution in [0.25, 0.3) is 94.3 Å². The molecule has 4 unspecified atom stereocenters. The molecule has 0 N–H and O–H groups in total. The van der Waals surface area contributed by atoms with E-state index in [2.05, 4.69) is 330 Å². The van der Waals surface area contributed by atoms with E-state index >= 15 is 0 Å². The maximum atomic E-state index is 2.88. The van der Waals surface area contributed by atoms with Gasteiger partial charge in [0.05, 0.1) is 22.4 Å². The second-order valence-electron chi connectivity index (χ2n) is 28.7. The predicted molar refractivity (Wildman–Crippen MR) is 404 cm³/mol. The third-order valence-electron chi connectivity index (χ3n) is 23.3. The molecule has 0 spiro atoms. The summed E-state index contributed by atoms with van der Waals surface area (Å²) >= 11 is 0. The van der Waals surface area contributed by atoms with Crippen molar-refractivity contribution >= 4 is 84.7 Å². The lowest BCUT2D eigenvalue weighted by atomic mass is 9.33. The van der Waals surface area contributed by atoms with Crippen molar-refractivity contribution in [3.05, 3.63) is 308 Å². The molecule has 4 nitrogen and oxygen atoms in total. The average Bonchev–Trinajstić information content (AvgIpc) is 0.858. The summed E-state index contributed by atoms with van der Waals surface area (Å²) in [7, 11) is 0. The normalized spacial score (nSPS) is 18.3. The molecule has 4 atom stereocenters. The second kappa shape index (κ2) is 21.6. The van der Waals surface area contributed by atoms with Crippen LogP contribution in [0.15, 0.2) is 297 Å². The van der Waals surface area contributed by atoms with Crippen LogP contribution in [0.3, 0.4) is 0 Å². The first-order valence-electron chi connectivity index (χ1n) is 34.9. The summed E-state index contributed by atoms with van der Waals surface area (Å²) in [6, 6.07) is 114. The molecule has 21 rings (SSSR count). The molecule has 96 heavy (non-hydrogen) atoms. The van der Waals surface area contributed by atoms with Crippen LogP contribution in [0.4, 0.5) is 39.8 Å². The summed E-state index contributed by atoms with van der Waals surface area (Å²) in [6.07, 6.45) is 6.77. The van der Waals surface area contributed by atoms with Crippen LogP contribution in [0.1, 0.15) is 57.1 Å². The minimum absolute atomic E-state index is 0.140. The van der Waals surface area contributed by atoms with Gasteiger partial charge in [0.25, 0.3) is 6.71 Å². The molecule has 7 aliphatic rings. The van der Waals surface area contributed by atoms with Crippen molar-refractivity contribution < 1.29 is 0 Å². The summed E-state index contributed by atoms with van der Waals surface area (Å²) in [5, 5.41) is 2.45. The first kappa shape index (κ1) is 55.6. The van der Waals surface area contributed by atoms with Crippen LogP contribution >= 0.6 is 0 Å². The fourth-order valence-electron chi connectivity index (χ4n) is 18.6. The van der Waals surface area contributed by atoms with Crippen LogP contribution in [-0.2, 0) is 5.41 Å². The monoisotopic (exact) mass is 1230 g/mol. The zero-order valence-electron chi connectivity index (χ0n) is 54.2. The van der Waals surface area contributed by atoms with Crippen molar-refractivity contribution in [1.82, 2.24) is 4.57 Å². The van der Waals surface area contributed by atoms with Gasteiger partial charge in [0, 0.05) is 85.2 Å². The largest absolute Gasteiger partial charge is 0.368 e. The first-order valence-corrected chi connectivity index (χ1v) is 34.9. The lowest BCUT2D eigenvalue weighted by Crippen LogP contribution is -2.61. The molecule has 14 aromatic rings. The number of hydrogen-bond acceptors (Lipinski definition) is 3. The fourth-order valence-corrected chi connectivity index (χ4v) is 18.6.